The number of rotatable bonds is 4. The third kappa shape index (κ3) is 7.00. The second-order valence-corrected chi connectivity index (χ2v) is 10.0. The molecule has 3 N–H and O–H groups in total. The summed E-state index contributed by atoms with van der Waals surface area (Å²) in [6.45, 7) is 7.13. The second-order valence-electron chi connectivity index (χ2n) is 6.15. The van der Waals surface area contributed by atoms with Crippen LogP contribution in [0.2, 0.25) is 0 Å². The van der Waals surface area contributed by atoms with Crippen molar-refractivity contribution in [1.82, 2.24) is 5.06 Å². The van der Waals surface area contributed by atoms with Gasteiger partial charge in [-0.2, -0.15) is 5.06 Å². The lowest BCUT2D eigenvalue weighted by atomic mass is 9.84. The standard InChI is InChI=1S/C10H23NO6P2/c1-9-4-5-11(7-10(2,3)6-9)17-19(15,16)8-18(12,13)14/h9H,4-8H2,1-3H3,(H,15,16)(H2,12,13,14). The first kappa shape index (κ1) is 17.3. The summed E-state index contributed by atoms with van der Waals surface area (Å²) in [5.41, 5.74) is -0.0714. The van der Waals surface area contributed by atoms with Crippen LogP contribution in [0.15, 0.2) is 0 Å². The van der Waals surface area contributed by atoms with Crippen LogP contribution in [0.4, 0.5) is 0 Å². The lowest BCUT2D eigenvalue weighted by molar-refractivity contribution is -0.0825. The monoisotopic (exact) mass is 315 g/mol. The summed E-state index contributed by atoms with van der Waals surface area (Å²) >= 11 is 0. The molecule has 0 aromatic heterocycles. The summed E-state index contributed by atoms with van der Waals surface area (Å²) in [6, 6.07) is 0. The minimum atomic E-state index is -4.57. The average Bonchev–Trinajstić information content (AvgIpc) is 2.18. The lowest BCUT2D eigenvalue weighted by Gasteiger charge is -2.30. The molecule has 0 saturated carbocycles. The van der Waals surface area contributed by atoms with E-state index in [0.29, 0.717) is 19.0 Å². The van der Waals surface area contributed by atoms with Crippen LogP contribution in [-0.2, 0) is 13.8 Å². The van der Waals surface area contributed by atoms with Gasteiger partial charge in [0.15, 0.2) is 5.90 Å². The Labute approximate surface area is 113 Å². The average molecular weight is 315 g/mol. The summed E-state index contributed by atoms with van der Waals surface area (Å²) in [4.78, 5) is 27.1. The minimum absolute atomic E-state index is 0.0714. The van der Waals surface area contributed by atoms with Gasteiger partial charge in [-0.15, -0.1) is 0 Å². The topological polar surface area (TPSA) is 107 Å². The molecule has 0 aromatic rings. The lowest BCUT2D eigenvalue weighted by Crippen LogP contribution is -2.32. The molecule has 0 aromatic carbocycles. The van der Waals surface area contributed by atoms with E-state index in [1.807, 2.05) is 13.8 Å². The molecule has 1 aliphatic heterocycles. The van der Waals surface area contributed by atoms with Crippen LogP contribution >= 0.6 is 15.2 Å². The molecule has 0 radical (unpaired) electrons. The van der Waals surface area contributed by atoms with Crippen molar-refractivity contribution >= 4 is 15.2 Å². The van der Waals surface area contributed by atoms with Gasteiger partial charge in [0.2, 0.25) is 0 Å². The summed E-state index contributed by atoms with van der Waals surface area (Å²) in [5.74, 6) is -0.671. The molecule has 0 spiro atoms. The van der Waals surface area contributed by atoms with Gasteiger partial charge in [-0.3, -0.25) is 9.13 Å². The Bertz CT molecular complexity index is 407. The molecule has 1 fully saturated rings. The Balaban J connectivity index is 2.70. The Hall–Kier alpha value is 0.260. The van der Waals surface area contributed by atoms with Crippen LogP contribution in [0.5, 0.6) is 0 Å². The van der Waals surface area contributed by atoms with Gasteiger partial charge in [0.05, 0.1) is 0 Å². The van der Waals surface area contributed by atoms with Crippen molar-refractivity contribution in [2.45, 2.75) is 33.6 Å². The number of hydrogen-bond donors (Lipinski definition) is 3. The SMILES string of the molecule is CC1CCN(OP(=O)(O)CP(=O)(O)O)CC(C)(C)C1. The van der Waals surface area contributed by atoms with Crippen LogP contribution in [0.25, 0.3) is 0 Å². The van der Waals surface area contributed by atoms with Gasteiger partial charge >= 0.3 is 15.2 Å². The molecular formula is C10H23NO6P2. The van der Waals surface area contributed by atoms with Gasteiger partial charge in [-0.05, 0) is 24.2 Å². The van der Waals surface area contributed by atoms with Crippen molar-refractivity contribution in [3.8, 4) is 0 Å². The van der Waals surface area contributed by atoms with Gasteiger partial charge < -0.3 is 14.7 Å². The van der Waals surface area contributed by atoms with Gasteiger partial charge in [-0.25, -0.2) is 4.62 Å². The largest absolute Gasteiger partial charge is 0.356 e. The molecule has 1 rings (SSSR count). The smallest absolute Gasteiger partial charge is 0.324 e. The fourth-order valence-corrected chi connectivity index (χ4v) is 5.11. The van der Waals surface area contributed by atoms with Crippen LogP contribution < -0.4 is 0 Å². The summed E-state index contributed by atoms with van der Waals surface area (Å²) in [7, 11) is -8.89. The maximum Gasteiger partial charge on any atom is 0.356 e. The van der Waals surface area contributed by atoms with Crippen molar-refractivity contribution in [3.05, 3.63) is 0 Å². The van der Waals surface area contributed by atoms with E-state index >= 15 is 0 Å². The molecule has 2 atom stereocenters. The van der Waals surface area contributed by atoms with E-state index in [-0.39, 0.29) is 5.41 Å². The van der Waals surface area contributed by atoms with Crippen molar-refractivity contribution in [2.24, 2.45) is 11.3 Å². The van der Waals surface area contributed by atoms with Crippen molar-refractivity contribution in [3.63, 3.8) is 0 Å². The molecule has 7 nitrogen and oxygen atoms in total. The number of nitrogens with zero attached hydrogens (tertiary/aromatic N) is 1. The number of hydrogen-bond acceptors (Lipinski definition) is 4. The van der Waals surface area contributed by atoms with Gasteiger partial charge in [0, 0.05) is 13.1 Å². The van der Waals surface area contributed by atoms with E-state index < -0.39 is 21.1 Å². The van der Waals surface area contributed by atoms with Gasteiger partial charge in [0.25, 0.3) is 0 Å². The molecule has 0 amide bonds. The zero-order valence-electron chi connectivity index (χ0n) is 11.5. The van der Waals surface area contributed by atoms with Crippen LogP contribution in [0, 0.1) is 11.3 Å². The third-order valence-electron chi connectivity index (χ3n) is 2.98. The molecule has 2 unspecified atom stereocenters. The highest BCUT2D eigenvalue weighted by atomic mass is 31.2. The van der Waals surface area contributed by atoms with E-state index in [2.05, 4.69) is 6.92 Å². The normalized spacial score (nSPS) is 28.6. The van der Waals surface area contributed by atoms with Gasteiger partial charge in [-0.1, -0.05) is 20.8 Å². The molecule has 114 valence electrons. The first-order chi connectivity index (χ1) is 8.39. The predicted octanol–water partition coefficient (Wildman–Crippen LogP) is 2.00. The maximum absolute atomic E-state index is 11.7. The molecule has 0 aliphatic carbocycles. The van der Waals surface area contributed by atoms with Crippen LogP contribution in [0.1, 0.15) is 33.6 Å². The van der Waals surface area contributed by atoms with E-state index in [4.69, 9.17) is 14.4 Å². The highest BCUT2D eigenvalue weighted by Gasteiger charge is 2.36. The minimum Gasteiger partial charge on any atom is -0.324 e. The third-order valence-corrected chi connectivity index (χ3v) is 6.37. The molecule has 1 aliphatic rings. The maximum atomic E-state index is 11.7. The van der Waals surface area contributed by atoms with Crippen LogP contribution in [-0.4, -0.2) is 38.7 Å². The van der Waals surface area contributed by atoms with Gasteiger partial charge in [0.1, 0.15) is 0 Å². The predicted molar refractivity (Wildman–Crippen MR) is 71.6 cm³/mol. The Kier molecular flexibility index (Phi) is 5.41. The van der Waals surface area contributed by atoms with Crippen LogP contribution in [0.3, 0.4) is 0 Å². The molecule has 1 saturated heterocycles. The van der Waals surface area contributed by atoms with E-state index in [1.54, 1.807) is 0 Å². The van der Waals surface area contributed by atoms with E-state index in [1.165, 1.54) is 5.06 Å². The first-order valence-corrected chi connectivity index (χ1v) is 9.76. The Morgan fingerprint density at radius 2 is 1.89 bits per heavy atom. The first-order valence-electron chi connectivity index (χ1n) is 6.20. The molecule has 0 bridgehead atoms. The quantitative estimate of drug-likeness (QED) is 0.681. The van der Waals surface area contributed by atoms with E-state index in [0.717, 1.165) is 12.8 Å². The highest BCUT2D eigenvalue weighted by Crippen LogP contribution is 2.56. The summed E-state index contributed by atoms with van der Waals surface area (Å²) < 4.78 is 27.5. The second kappa shape index (κ2) is 5.94. The zero-order valence-corrected chi connectivity index (χ0v) is 13.3. The zero-order chi connectivity index (χ0) is 14.9. The summed E-state index contributed by atoms with van der Waals surface area (Å²) in [6.07, 6.45) is 1.79. The Morgan fingerprint density at radius 3 is 2.42 bits per heavy atom. The van der Waals surface area contributed by atoms with Crippen molar-refractivity contribution in [2.75, 3.05) is 19.0 Å². The molecule has 1 heterocycles. The molecular weight excluding hydrogens is 292 g/mol. The van der Waals surface area contributed by atoms with Crippen molar-refractivity contribution in [1.29, 1.82) is 0 Å². The number of hydroxylamine groups is 2. The molecule has 9 heteroatoms. The highest BCUT2D eigenvalue weighted by molar-refractivity contribution is 7.69. The summed E-state index contributed by atoms with van der Waals surface area (Å²) in [5, 5.41) is 1.37. The fourth-order valence-electron chi connectivity index (χ4n) is 2.54. The fraction of sp³-hybridized carbons (Fsp3) is 1.00. The molecule has 19 heavy (non-hydrogen) atoms. The van der Waals surface area contributed by atoms with Crippen molar-refractivity contribution < 1.29 is 28.4 Å². The van der Waals surface area contributed by atoms with E-state index in [9.17, 15) is 14.0 Å². The Morgan fingerprint density at radius 1 is 1.32 bits per heavy atom.